The van der Waals surface area contributed by atoms with Crippen molar-refractivity contribution in [2.75, 3.05) is 5.32 Å². The molecule has 9 nitrogen and oxygen atoms in total. The van der Waals surface area contributed by atoms with E-state index in [4.69, 9.17) is 0 Å². The van der Waals surface area contributed by atoms with Crippen molar-refractivity contribution in [3.8, 4) is 0 Å². The van der Waals surface area contributed by atoms with Gasteiger partial charge in [-0.1, -0.05) is 24.3 Å². The molecular weight excluding hydrogens is 366 g/mol. The summed E-state index contributed by atoms with van der Waals surface area (Å²) in [6.45, 7) is 0. The van der Waals surface area contributed by atoms with E-state index in [1.807, 2.05) is 12.2 Å². The first-order valence-corrected chi connectivity index (χ1v) is 8.60. The lowest BCUT2D eigenvalue weighted by molar-refractivity contribution is -0.385. The van der Waals surface area contributed by atoms with E-state index < -0.39 is 15.8 Å². The first kappa shape index (κ1) is 17.7. The number of carboxylic acids is 1. The number of anilines is 1. The van der Waals surface area contributed by atoms with Crippen LogP contribution in [0.15, 0.2) is 48.6 Å². The minimum atomic E-state index is -1.18. The first-order valence-electron chi connectivity index (χ1n) is 8.60. The van der Waals surface area contributed by atoms with Gasteiger partial charge in [-0.05, 0) is 24.0 Å². The molecule has 0 fully saturated rings. The fraction of sp³-hybridized carbons (Fsp3) is 0.211. The van der Waals surface area contributed by atoms with Crippen molar-refractivity contribution >= 4 is 23.0 Å². The lowest BCUT2D eigenvalue weighted by Gasteiger charge is -2.37. The molecule has 0 radical (unpaired) electrons. The van der Waals surface area contributed by atoms with Gasteiger partial charge in [-0.2, -0.15) is 0 Å². The number of nitrogens with zero attached hydrogens (tertiary/aromatic N) is 2. The Morgan fingerprint density at radius 2 is 1.79 bits per heavy atom. The molecule has 1 aliphatic heterocycles. The molecule has 2 aliphatic rings. The number of carboxylic acid groups (broad SMARTS) is 1. The molecule has 1 heterocycles. The Hall–Kier alpha value is -3.75. The molecule has 0 saturated carbocycles. The van der Waals surface area contributed by atoms with Crippen LogP contribution < -0.4 is 5.32 Å². The second kappa shape index (κ2) is 6.45. The smallest absolute Gasteiger partial charge is 0.337 e. The Morgan fingerprint density at radius 3 is 2.39 bits per heavy atom. The summed E-state index contributed by atoms with van der Waals surface area (Å²) in [6, 6.07) is 8.21. The van der Waals surface area contributed by atoms with Gasteiger partial charge in [0.25, 0.3) is 11.4 Å². The Kier molecular flexibility index (Phi) is 4.07. The molecule has 0 bridgehead atoms. The van der Waals surface area contributed by atoms with Gasteiger partial charge >= 0.3 is 5.97 Å². The average molecular weight is 381 g/mol. The fourth-order valence-corrected chi connectivity index (χ4v) is 4.16. The summed E-state index contributed by atoms with van der Waals surface area (Å²) in [5, 5.41) is 35.2. The Labute approximate surface area is 158 Å². The third-order valence-electron chi connectivity index (χ3n) is 5.39. The fourth-order valence-electron chi connectivity index (χ4n) is 4.16. The monoisotopic (exact) mass is 381 g/mol. The topological polar surface area (TPSA) is 136 Å². The number of allylic oxidation sites excluding steroid dienone is 2. The molecule has 0 saturated heterocycles. The molecule has 1 aliphatic carbocycles. The first-order chi connectivity index (χ1) is 13.4. The summed E-state index contributed by atoms with van der Waals surface area (Å²) in [6.07, 6.45) is 4.47. The van der Waals surface area contributed by atoms with Gasteiger partial charge in [0.05, 0.1) is 32.7 Å². The number of nitro benzene ring substituents is 2. The van der Waals surface area contributed by atoms with E-state index >= 15 is 0 Å². The zero-order valence-electron chi connectivity index (χ0n) is 14.4. The van der Waals surface area contributed by atoms with Gasteiger partial charge in [-0.3, -0.25) is 20.2 Å². The second-order valence-corrected chi connectivity index (χ2v) is 6.81. The number of nitro groups is 2. The number of rotatable bonds is 4. The third-order valence-corrected chi connectivity index (χ3v) is 5.39. The Bertz CT molecular complexity index is 1030. The largest absolute Gasteiger partial charge is 0.478 e. The molecular formula is C19H15N3O6. The SMILES string of the molecule is O=C(O)c1ccc([N+](=O)[O-])c2c1N[C@@H](c1ccc([N+](=O)[O-])cc1)[C@@H]1CC=C[C@H]21. The van der Waals surface area contributed by atoms with Crippen LogP contribution in [-0.2, 0) is 0 Å². The highest BCUT2D eigenvalue weighted by molar-refractivity contribution is 5.97. The van der Waals surface area contributed by atoms with Crippen LogP contribution in [-0.4, -0.2) is 20.9 Å². The van der Waals surface area contributed by atoms with Crippen LogP contribution in [0, 0.1) is 26.1 Å². The maximum atomic E-state index is 11.7. The minimum Gasteiger partial charge on any atom is -0.478 e. The molecule has 0 aromatic heterocycles. The van der Waals surface area contributed by atoms with Crippen molar-refractivity contribution in [2.24, 2.45) is 5.92 Å². The molecule has 0 unspecified atom stereocenters. The zero-order chi connectivity index (χ0) is 20.0. The number of carbonyl (C=O) groups is 1. The van der Waals surface area contributed by atoms with Crippen LogP contribution in [0.1, 0.15) is 39.9 Å². The molecule has 0 amide bonds. The summed E-state index contributed by atoms with van der Waals surface area (Å²) in [4.78, 5) is 33.2. The van der Waals surface area contributed by atoms with Crippen LogP contribution in [0.2, 0.25) is 0 Å². The number of aromatic carboxylic acids is 1. The molecule has 28 heavy (non-hydrogen) atoms. The standard InChI is InChI=1S/C19H15N3O6/c23-19(24)14-8-9-15(22(27)28)16-12-2-1-3-13(12)17(20-18(14)16)10-4-6-11(7-5-10)21(25)26/h1-2,4-9,12-13,17,20H,3H2,(H,23,24)/t12-,13+,17-/m0/s1. The molecule has 2 aromatic carbocycles. The zero-order valence-corrected chi connectivity index (χ0v) is 14.4. The van der Waals surface area contributed by atoms with Crippen LogP contribution in [0.5, 0.6) is 0 Å². The number of hydrogen-bond acceptors (Lipinski definition) is 6. The van der Waals surface area contributed by atoms with Crippen LogP contribution in [0.4, 0.5) is 17.1 Å². The molecule has 9 heteroatoms. The Morgan fingerprint density at radius 1 is 1.07 bits per heavy atom. The van der Waals surface area contributed by atoms with E-state index in [2.05, 4.69) is 5.32 Å². The molecule has 2 N–H and O–H groups in total. The van der Waals surface area contributed by atoms with Gasteiger partial charge < -0.3 is 10.4 Å². The van der Waals surface area contributed by atoms with Gasteiger partial charge in [0.15, 0.2) is 0 Å². The summed E-state index contributed by atoms with van der Waals surface area (Å²) in [5.41, 5.74) is 1.18. The Balaban J connectivity index is 1.86. The maximum Gasteiger partial charge on any atom is 0.337 e. The molecule has 3 atom stereocenters. The van der Waals surface area contributed by atoms with Gasteiger partial charge in [-0.25, -0.2) is 4.79 Å². The molecule has 142 valence electrons. The van der Waals surface area contributed by atoms with Crippen LogP contribution >= 0.6 is 0 Å². The normalized spacial score (nSPS) is 22.1. The number of fused-ring (bicyclic) bond motifs is 3. The molecule has 4 rings (SSSR count). The summed E-state index contributed by atoms with van der Waals surface area (Å²) >= 11 is 0. The number of non-ortho nitro benzene ring substituents is 1. The second-order valence-electron chi connectivity index (χ2n) is 6.81. The van der Waals surface area contributed by atoms with Crippen molar-refractivity contribution in [3.63, 3.8) is 0 Å². The average Bonchev–Trinajstić information content (AvgIpc) is 3.16. The molecule has 0 spiro atoms. The van der Waals surface area contributed by atoms with Gasteiger partial charge in [-0.15, -0.1) is 0 Å². The maximum absolute atomic E-state index is 11.7. The summed E-state index contributed by atoms with van der Waals surface area (Å²) in [5.74, 6) is -1.55. The van der Waals surface area contributed by atoms with E-state index in [9.17, 15) is 30.1 Å². The van der Waals surface area contributed by atoms with Crippen molar-refractivity contribution in [1.29, 1.82) is 0 Å². The van der Waals surface area contributed by atoms with Crippen molar-refractivity contribution in [1.82, 2.24) is 0 Å². The predicted octanol–water partition coefficient (Wildman–Crippen LogP) is 4.03. The minimum absolute atomic E-state index is 0.0359. The highest BCUT2D eigenvalue weighted by Crippen LogP contribution is 2.53. The van der Waals surface area contributed by atoms with E-state index in [0.717, 1.165) is 5.56 Å². The van der Waals surface area contributed by atoms with Crippen LogP contribution in [0.25, 0.3) is 0 Å². The number of benzene rings is 2. The summed E-state index contributed by atoms with van der Waals surface area (Å²) < 4.78 is 0. The lowest BCUT2D eigenvalue weighted by atomic mass is 9.75. The van der Waals surface area contributed by atoms with E-state index in [0.29, 0.717) is 12.0 Å². The van der Waals surface area contributed by atoms with Gasteiger partial charge in [0.2, 0.25) is 0 Å². The number of hydrogen-bond donors (Lipinski definition) is 2. The predicted molar refractivity (Wildman–Crippen MR) is 99.5 cm³/mol. The van der Waals surface area contributed by atoms with Crippen molar-refractivity contribution in [2.45, 2.75) is 18.4 Å². The van der Waals surface area contributed by atoms with Gasteiger partial charge in [0, 0.05) is 24.1 Å². The van der Waals surface area contributed by atoms with E-state index in [1.54, 1.807) is 12.1 Å². The number of nitrogens with one attached hydrogen (secondary N) is 1. The van der Waals surface area contributed by atoms with Crippen molar-refractivity contribution in [3.05, 3.63) is 85.5 Å². The highest BCUT2D eigenvalue weighted by atomic mass is 16.6. The summed E-state index contributed by atoms with van der Waals surface area (Å²) in [7, 11) is 0. The van der Waals surface area contributed by atoms with E-state index in [1.165, 1.54) is 24.3 Å². The van der Waals surface area contributed by atoms with Crippen LogP contribution in [0.3, 0.4) is 0 Å². The lowest BCUT2D eigenvalue weighted by Crippen LogP contribution is -2.31. The van der Waals surface area contributed by atoms with E-state index in [-0.39, 0.29) is 40.5 Å². The van der Waals surface area contributed by atoms with Gasteiger partial charge in [0.1, 0.15) is 0 Å². The highest BCUT2D eigenvalue weighted by Gasteiger charge is 2.43. The van der Waals surface area contributed by atoms with Crippen molar-refractivity contribution < 1.29 is 19.7 Å². The quantitative estimate of drug-likeness (QED) is 0.463. The third kappa shape index (κ3) is 2.68. The molecule has 2 aromatic rings.